The van der Waals surface area contributed by atoms with Crippen LogP contribution in [0.25, 0.3) is 10.8 Å². The summed E-state index contributed by atoms with van der Waals surface area (Å²) in [5.41, 5.74) is 1.41. The number of methoxy groups -OCH3 is 1. The topological polar surface area (TPSA) is 90.3 Å². The Morgan fingerprint density at radius 1 is 1.04 bits per heavy atom. The van der Waals surface area contributed by atoms with Gasteiger partial charge in [-0.1, -0.05) is 48.5 Å². The summed E-state index contributed by atoms with van der Waals surface area (Å²) < 4.78 is 5.61. The van der Waals surface area contributed by atoms with Crippen molar-refractivity contribution >= 4 is 22.6 Å². The second-order valence-electron chi connectivity index (χ2n) is 5.97. The Balaban J connectivity index is 1.93. The monoisotopic (exact) mass is 365 g/mol. The van der Waals surface area contributed by atoms with Crippen molar-refractivity contribution in [3.63, 3.8) is 0 Å². The van der Waals surface area contributed by atoms with Crippen LogP contribution in [0.5, 0.6) is 0 Å². The maximum absolute atomic E-state index is 12.7. The Morgan fingerprint density at radius 3 is 2.41 bits per heavy atom. The molecule has 0 saturated carbocycles. The number of nitrogens with zero attached hydrogens (tertiary/aromatic N) is 2. The molecule has 0 atom stereocenters. The lowest BCUT2D eigenvalue weighted by atomic mass is 10.0. The molecule has 7 heteroatoms. The first kappa shape index (κ1) is 18.3. The molecule has 138 valence electrons. The van der Waals surface area contributed by atoms with Gasteiger partial charge < -0.3 is 10.1 Å². The van der Waals surface area contributed by atoms with E-state index in [4.69, 9.17) is 0 Å². The van der Waals surface area contributed by atoms with Crippen LogP contribution < -0.4 is 10.9 Å². The van der Waals surface area contributed by atoms with Crippen molar-refractivity contribution in [3.05, 3.63) is 76.2 Å². The first-order chi connectivity index (χ1) is 13.1. The van der Waals surface area contributed by atoms with E-state index in [9.17, 15) is 14.4 Å². The van der Waals surface area contributed by atoms with Gasteiger partial charge in [0.1, 0.15) is 13.1 Å². The smallest absolute Gasteiger partial charge is 0.325 e. The molecule has 0 fully saturated rings. The highest BCUT2D eigenvalue weighted by molar-refractivity contribution is 5.85. The van der Waals surface area contributed by atoms with Gasteiger partial charge in [0.2, 0.25) is 5.91 Å². The molecule has 1 aromatic heterocycles. The predicted molar refractivity (Wildman–Crippen MR) is 100 cm³/mol. The highest BCUT2D eigenvalue weighted by Gasteiger charge is 2.14. The first-order valence-electron chi connectivity index (χ1n) is 8.44. The van der Waals surface area contributed by atoms with Gasteiger partial charge in [0.25, 0.3) is 5.56 Å². The normalized spacial score (nSPS) is 10.6. The average molecular weight is 365 g/mol. The fourth-order valence-corrected chi connectivity index (χ4v) is 2.77. The number of fused-ring (bicyclic) bond motifs is 1. The van der Waals surface area contributed by atoms with Gasteiger partial charge in [-0.2, -0.15) is 5.10 Å². The molecule has 0 aliphatic rings. The van der Waals surface area contributed by atoms with Gasteiger partial charge in [-0.05, 0) is 11.6 Å². The Morgan fingerprint density at radius 2 is 1.70 bits per heavy atom. The maximum Gasteiger partial charge on any atom is 0.325 e. The van der Waals surface area contributed by atoms with Gasteiger partial charge in [0.05, 0.1) is 18.2 Å². The summed E-state index contributed by atoms with van der Waals surface area (Å²) in [6.07, 6.45) is 0.533. The molecule has 2 aromatic carbocycles. The van der Waals surface area contributed by atoms with Crippen LogP contribution in [-0.2, 0) is 27.3 Å². The van der Waals surface area contributed by atoms with Crippen LogP contribution in [-0.4, -0.2) is 35.3 Å². The molecule has 0 spiro atoms. The van der Waals surface area contributed by atoms with E-state index in [0.717, 1.165) is 15.6 Å². The van der Waals surface area contributed by atoms with Crippen LogP contribution in [0.1, 0.15) is 11.3 Å². The average Bonchev–Trinajstić information content (AvgIpc) is 2.70. The largest absolute Gasteiger partial charge is 0.468 e. The summed E-state index contributed by atoms with van der Waals surface area (Å²) in [5, 5.41) is 8.08. The van der Waals surface area contributed by atoms with E-state index in [1.165, 1.54) is 7.11 Å². The molecule has 7 nitrogen and oxygen atoms in total. The molecule has 0 aliphatic carbocycles. The van der Waals surface area contributed by atoms with Crippen molar-refractivity contribution in [1.82, 2.24) is 15.1 Å². The number of nitrogens with one attached hydrogen (secondary N) is 1. The summed E-state index contributed by atoms with van der Waals surface area (Å²) in [4.78, 5) is 35.9. The van der Waals surface area contributed by atoms with Crippen molar-refractivity contribution in [2.45, 2.75) is 13.0 Å². The molecule has 0 bridgehead atoms. The zero-order chi connectivity index (χ0) is 19.2. The first-order valence-corrected chi connectivity index (χ1v) is 8.44. The third-order valence-electron chi connectivity index (χ3n) is 4.11. The lowest BCUT2D eigenvalue weighted by molar-refractivity contribution is -0.141. The molecule has 0 saturated heterocycles. The molecule has 3 aromatic rings. The molecule has 1 N–H and O–H groups in total. The van der Waals surface area contributed by atoms with Crippen molar-refractivity contribution in [2.75, 3.05) is 13.7 Å². The molecular formula is C20H19N3O4. The van der Waals surface area contributed by atoms with E-state index >= 15 is 0 Å². The Labute approximate surface area is 155 Å². The lowest BCUT2D eigenvalue weighted by Gasteiger charge is -2.11. The number of esters is 1. The highest BCUT2D eigenvalue weighted by atomic mass is 16.5. The van der Waals surface area contributed by atoms with Crippen LogP contribution in [0.15, 0.2) is 59.4 Å². The Bertz CT molecular complexity index is 1030. The second kappa shape index (κ2) is 8.27. The summed E-state index contributed by atoms with van der Waals surface area (Å²) >= 11 is 0. The minimum absolute atomic E-state index is 0.255. The summed E-state index contributed by atoms with van der Waals surface area (Å²) in [7, 11) is 1.24. The van der Waals surface area contributed by atoms with Gasteiger partial charge in [0, 0.05) is 11.8 Å². The van der Waals surface area contributed by atoms with Crippen molar-refractivity contribution < 1.29 is 14.3 Å². The van der Waals surface area contributed by atoms with E-state index < -0.39 is 11.9 Å². The molecule has 0 unspecified atom stereocenters. The van der Waals surface area contributed by atoms with Gasteiger partial charge in [-0.25, -0.2) is 4.68 Å². The van der Waals surface area contributed by atoms with Crippen LogP contribution in [0.4, 0.5) is 0 Å². The van der Waals surface area contributed by atoms with E-state index in [1.807, 2.05) is 42.5 Å². The van der Waals surface area contributed by atoms with Crippen LogP contribution in [0, 0.1) is 0 Å². The summed E-state index contributed by atoms with van der Waals surface area (Å²) in [5.74, 6) is -1.05. The number of carbonyl (C=O) groups is 2. The van der Waals surface area contributed by atoms with Gasteiger partial charge in [0.15, 0.2) is 0 Å². The van der Waals surface area contributed by atoms with Crippen molar-refractivity contribution in [2.24, 2.45) is 0 Å². The molecular weight excluding hydrogens is 346 g/mol. The molecule has 1 heterocycles. The standard InChI is InChI=1S/C20H19N3O4/c1-27-19(25)12-21-18(24)13-23-20(26)16-10-6-5-9-15(16)17(22-23)11-14-7-3-2-4-8-14/h2-10H,11-13H2,1H3,(H,21,24). The fraction of sp³-hybridized carbons (Fsp3) is 0.200. The van der Waals surface area contributed by atoms with Gasteiger partial charge in [-0.15, -0.1) is 0 Å². The third kappa shape index (κ3) is 4.38. The van der Waals surface area contributed by atoms with Gasteiger partial charge >= 0.3 is 5.97 Å². The maximum atomic E-state index is 12.7. The Kier molecular flexibility index (Phi) is 5.61. The van der Waals surface area contributed by atoms with Crippen molar-refractivity contribution in [1.29, 1.82) is 0 Å². The number of hydrogen-bond donors (Lipinski definition) is 1. The number of carbonyl (C=O) groups excluding carboxylic acids is 2. The Hall–Kier alpha value is -3.48. The van der Waals surface area contributed by atoms with E-state index in [-0.39, 0.29) is 18.6 Å². The van der Waals surface area contributed by atoms with Crippen LogP contribution in [0.3, 0.4) is 0 Å². The number of amides is 1. The number of aromatic nitrogens is 2. The molecule has 3 rings (SSSR count). The van der Waals surface area contributed by atoms with E-state index in [0.29, 0.717) is 17.5 Å². The molecule has 1 amide bonds. The molecule has 0 radical (unpaired) electrons. The number of hydrogen-bond acceptors (Lipinski definition) is 5. The van der Waals surface area contributed by atoms with Crippen molar-refractivity contribution in [3.8, 4) is 0 Å². The van der Waals surface area contributed by atoms with Crippen LogP contribution in [0.2, 0.25) is 0 Å². The number of ether oxygens (including phenoxy) is 1. The zero-order valence-electron chi connectivity index (χ0n) is 14.8. The zero-order valence-corrected chi connectivity index (χ0v) is 14.8. The predicted octanol–water partition coefficient (Wildman–Crippen LogP) is 1.28. The molecule has 27 heavy (non-hydrogen) atoms. The highest BCUT2D eigenvalue weighted by Crippen LogP contribution is 2.16. The lowest BCUT2D eigenvalue weighted by Crippen LogP contribution is -2.37. The molecule has 0 aliphatic heterocycles. The SMILES string of the molecule is COC(=O)CNC(=O)Cn1nc(Cc2ccccc2)c2ccccc2c1=O. The summed E-state index contributed by atoms with van der Waals surface area (Å²) in [6, 6.07) is 17.0. The fourth-order valence-electron chi connectivity index (χ4n) is 2.77. The second-order valence-corrected chi connectivity index (χ2v) is 5.97. The number of benzene rings is 2. The van der Waals surface area contributed by atoms with Crippen LogP contribution >= 0.6 is 0 Å². The number of rotatable bonds is 6. The van der Waals surface area contributed by atoms with Gasteiger partial charge in [-0.3, -0.25) is 14.4 Å². The van der Waals surface area contributed by atoms with E-state index in [1.54, 1.807) is 12.1 Å². The van der Waals surface area contributed by atoms with E-state index in [2.05, 4.69) is 15.2 Å². The summed E-state index contributed by atoms with van der Waals surface area (Å²) in [6.45, 7) is -0.531. The minimum atomic E-state index is -0.563. The quantitative estimate of drug-likeness (QED) is 0.665. The minimum Gasteiger partial charge on any atom is -0.468 e. The third-order valence-corrected chi connectivity index (χ3v) is 4.11.